The number of amides is 2. The van der Waals surface area contributed by atoms with Crippen molar-refractivity contribution in [2.24, 2.45) is 0 Å². The smallest absolute Gasteiger partial charge is 0.255 e. The number of methoxy groups -OCH3 is 1. The average Bonchev–Trinajstić information content (AvgIpc) is 3.11. The van der Waals surface area contributed by atoms with E-state index in [2.05, 4.69) is 5.32 Å². The number of nitrogens with zero attached hydrogens (tertiary/aromatic N) is 1. The molecule has 1 fully saturated rings. The van der Waals surface area contributed by atoms with E-state index in [4.69, 9.17) is 21.1 Å². The third-order valence-electron chi connectivity index (χ3n) is 4.67. The SMILES string of the molecule is CCCOc1c(Cl)cc(C(=O)Nc2cccc(CN3CCCC3=O)c2)cc1OC. The molecule has 154 valence electrons. The van der Waals surface area contributed by atoms with Gasteiger partial charge < -0.3 is 19.7 Å². The first-order valence-corrected chi connectivity index (χ1v) is 10.1. The van der Waals surface area contributed by atoms with Gasteiger partial charge in [0.05, 0.1) is 18.7 Å². The highest BCUT2D eigenvalue weighted by Crippen LogP contribution is 2.36. The molecule has 0 saturated carbocycles. The Morgan fingerprint density at radius 1 is 1.28 bits per heavy atom. The number of hydrogen-bond donors (Lipinski definition) is 1. The molecule has 29 heavy (non-hydrogen) atoms. The minimum absolute atomic E-state index is 0.173. The molecule has 6 nitrogen and oxygen atoms in total. The number of carbonyl (C=O) groups excluding carboxylic acids is 2. The number of anilines is 1. The van der Waals surface area contributed by atoms with Crippen molar-refractivity contribution < 1.29 is 19.1 Å². The van der Waals surface area contributed by atoms with Gasteiger partial charge in [-0.05, 0) is 42.7 Å². The van der Waals surface area contributed by atoms with Crippen LogP contribution in [0.1, 0.15) is 42.1 Å². The van der Waals surface area contributed by atoms with Crippen molar-refractivity contribution in [2.75, 3.05) is 25.6 Å². The minimum Gasteiger partial charge on any atom is -0.493 e. The quantitative estimate of drug-likeness (QED) is 0.687. The zero-order valence-electron chi connectivity index (χ0n) is 16.7. The summed E-state index contributed by atoms with van der Waals surface area (Å²) in [7, 11) is 1.51. The normalized spacial score (nSPS) is 13.5. The van der Waals surface area contributed by atoms with Crippen molar-refractivity contribution in [2.45, 2.75) is 32.7 Å². The Bertz CT molecular complexity index is 900. The van der Waals surface area contributed by atoms with Gasteiger partial charge >= 0.3 is 0 Å². The van der Waals surface area contributed by atoms with Gasteiger partial charge in [0.1, 0.15) is 0 Å². The van der Waals surface area contributed by atoms with Crippen LogP contribution >= 0.6 is 11.6 Å². The summed E-state index contributed by atoms with van der Waals surface area (Å²) in [5.74, 6) is 0.718. The molecule has 2 aromatic carbocycles. The molecule has 0 aromatic heterocycles. The van der Waals surface area contributed by atoms with Gasteiger partial charge in [-0.15, -0.1) is 0 Å². The lowest BCUT2D eigenvalue weighted by Gasteiger charge is -2.16. The van der Waals surface area contributed by atoms with Gasteiger partial charge in [-0.2, -0.15) is 0 Å². The lowest BCUT2D eigenvalue weighted by Crippen LogP contribution is -2.23. The van der Waals surface area contributed by atoms with Crippen LogP contribution in [0.4, 0.5) is 5.69 Å². The van der Waals surface area contributed by atoms with Gasteiger partial charge in [-0.25, -0.2) is 0 Å². The summed E-state index contributed by atoms with van der Waals surface area (Å²) in [5, 5.41) is 3.20. The maximum absolute atomic E-state index is 12.7. The molecular weight excluding hydrogens is 392 g/mol. The van der Waals surface area contributed by atoms with Crippen LogP contribution in [0.25, 0.3) is 0 Å². The summed E-state index contributed by atoms with van der Waals surface area (Å²) in [4.78, 5) is 26.4. The van der Waals surface area contributed by atoms with Gasteiger partial charge in [0, 0.05) is 30.8 Å². The van der Waals surface area contributed by atoms with E-state index in [0.717, 1.165) is 24.9 Å². The van der Waals surface area contributed by atoms with Gasteiger partial charge in [-0.1, -0.05) is 30.7 Å². The van der Waals surface area contributed by atoms with Crippen LogP contribution in [0.2, 0.25) is 5.02 Å². The van der Waals surface area contributed by atoms with Crippen LogP contribution in [0, 0.1) is 0 Å². The number of carbonyl (C=O) groups is 2. The van der Waals surface area contributed by atoms with Crippen LogP contribution in [0.3, 0.4) is 0 Å². The molecule has 1 saturated heterocycles. The highest BCUT2D eigenvalue weighted by Gasteiger charge is 2.20. The highest BCUT2D eigenvalue weighted by molar-refractivity contribution is 6.32. The Hall–Kier alpha value is -2.73. The third-order valence-corrected chi connectivity index (χ3v) is 4.95. The Labute approximate surface area is 175 Å². The average molecular weight is 417 g/mol. The molecule has 1 aliphatic rings. The van der Waals surface area contributed by atoms with Gasteiger partial charge in [-0.3, -0.25) is 9.59 Å². The number of benzene rings is 2. The predicted octanol–water partition coefficient (Wildman–Crippen LogP) is 4.51. The van der Waals surface area contributed by atoms with Gasteiger partial charge in [0.2, 0.25) is 5.91 Å². The molecule has 3 rings (SSSR count). The molecule has 1 N–H and O–H groups in total. The Morgan fingerprint density at radius 3 is 2.79 bits per heavy atom. The Morgan fingerprint density at radius 2 is 2.10 bits per heavy atom. The second-order valence-electron chi connectivity index (χ2n) is 6.91. The second kappa shape index (κ2) is 9.65. The molecule has 0 spiro atoms. The van der Waals surface area contributed by atoms with Crippen molar-refractivity contribution in [3.8, 4) is 11.5 Å². The third kappa shape index (κ3) is 5.21. The maximum Gasteiger partial charge on any atom is 0.255 e. The van der Waals surface area contributed by atoms with Crippen molar-refractivity contribution >= 4 is 29.1 Å². The Kier molecular flexibility index (Phi) is 6.99. The van der Waals surface area contributed by atoms with E-state index in [9.17, 15) is 9.59 Å². The summed E-state index contributed by atoms with van der Waals surface area (Å²) in [6, 6.07) is 10.7. The maximum atomic E-state index is 12.7. The van der Waals surface area contributed by atoms with E-state index >= 15 is 0 Å². The monoisotopic (exact) mass is 416 g/mol. The number of nitrogens with one attached hydrogen (secondary N) is 1. The summed E-state index contributed by atoms with van der Waals surface area (Å²) >= 11 is 6.31. The summed E-state index contributed by atoms with van der Waals surface area (Å²) in [6.07, 6.45) is 2.34. The lowest BCUT2D eigenvalue weighted by atomic mass is 10.1. The standard InChI is InChI=1S/C22H25ClN2O4/c1-3-10-29-21-18(23)12-16(13-19(21)28-2)22(27)24-17-7-4-6-15(11-17)14-25-9-5-8-20(25)26/h4,6-7,11-13H,3,5,8-10,14H2,1-2H3,(H,24,27). The molecule has 7 heteroatoms. The second-order valence-corrected chi connectivity index (χ2v) is 7.32. The number of likely N-dealkylation sites (tertiary alicyclic amines) is 1. The molecule has 0 unspecified atom stereocenters. The van der Waals surface area contributed by atoms with E-state index in [1.54, 1.807) is 12.1 Å². The minimum atomic E-state index is -0.304. The topological polar surface area (TPSA) is 67.9 Å². The first-order valence-electron chi connectivity index (χ1n) is 9.70. The van der Waals surface area contributed by atoms with E-state index < -0.39 is 0 Å². The summed E-state index contributed by atoms with van der Waals surface area (Å²) in [5.41, 5.74) is 1.99. The highest BCUT2D eigenvalue weighted by atomic mass is 35.5. The number of rotatable bonds is 8. The van der Waals surface area contributed by atoms with Crippen LogP contribution in [-0.2, 0) is 11.3 Å². The van der Waals surface area contributed by atoms with Crippen molar-refractivity contribution in [1.82, 2.24) is 4.90 Å². The van der Waals surface area contributed by atoms with E-state index in [1.165, 1.54) is 7.11 Å². The van der Waals surface area contributed by atoms with Crippen molar-refractivity contribution in [3.05, 3.63) is 52.5 Å². The van der Waals surface area contributed by atoms with Crippen LogP contribution in [0.15, 0.2) is 36.4 Å². The molecule has 2 aromatic rings. The number of halogens is 1. The molecule has 0 radical (unpaired) electrons. The molecule has 0 atom stereocenters. The van der Waals surface area contributed by atoms with E-state index in [1.807, 2.05) is 36.1 Å². The van der Waals surface area contributed by atoms with Crippen molar-refractivity contribution in [1.29, 1.82) is 0 Å². The molecule has 2 amide bonds. The summed E-state index contributed by atoms with van der Waals surface area (Å²) in [6.45, 7) is 3.83. The first kappa shape index (κ1) is 21.0. The van der Waals surface area contributed by atoms with Gasteiger partial charge in [0.25, 0.3) is 5.91 Å². The fourth-order valence-electron chi connectivity index (χ4n) is 3.24. The summed E-state index contributed by atoms with van der Waals surface area (Å²) < 4.78 is 11.0. The predicted molar refractivity (Wildman–Crippen MR) is 113 cm³/mol. The molecule has 0 aliphatic carbocycles. The lowest BCUT2D eigenvalue weighted by molar-refractivity contribution is -0.128. The zero-order chi connectivity index (χ0) is 20.8. The van der Waals surface area contributed by atoms with Gasteiger partial charge in [0.15, 0.2) is 11.5 Å². The fourth-order valence-corrected chi connectivity index (χ4v) is 3.50. The largest absolute Gasteiger partial charge is 0.493 e. The zero-order valence-corrected chi connectivity index (χ0v) is 17.4. The first-order chi connectivity index (χ1) is 14.0. The van der Waals surface area contributed by atoms with E-state index in [-0.39, 0.29) is 11.8 Å². The van der Waals surface area contributed by atoms with E-state index in [0.29, 0.717) is 47.3 Å². The molecule has 1 heterocycles. The fraction of sp³-hybridized carbons (Fsp3) is 0.364. The molecular formula is C22H25ClN2O4. The number of ether oxygens (including phenoxy) is 2. The van der Waals surface area contributed by atoms with Crippen molar-refractivity contribution in [3.63, 3.8) is 0 Å². The number of hydrogen-bond acceptors (Lipinski definition) is 4. The van der Waals surface area contributed by atoms with Crippen LogP contribution < -0.4 is 14.8 Å². The Balaban J connectivity index is 1.73. The molecule has 1 aliphatic heterocycles. The van der Waals surface area contributed by atoms with Crippen LogP contribution in [0.5, 0.6) is 11.5 Å². The molecule has 0 bridgehead atoms. The van der Waals surface area contributed by atoms with Crippen LogP contribution in [-0.4, -0.2) is 37.0 Å².